The van der Waals surface area contributed by atoms with E-state index < -0.39 is 17.9 Å². The molecule has 0 aliphatic heterocycles. The molecule has 2 N–H and O–H groups in total. The minimum absolute atomic E-state index is 0.134. The van der Waals surface area contributed by atoms with E-state index in [1.54, 1.807) is 6.07 Å². The van der Waals surface area contributed by atoms with E-state index in [9.17, 15) is 9.59 Å². The normalized spacial score (nSPS) is 16.8. The van der Waals surface area contributed by atoms with Gasteiger partial charge < -0.3 is 14.9 Å². The van der Waals surface area contributed by atoms with Gasteiger partial charge in [0.2, 0.25) is 0 Å². The van der Waals surface area contributed by atoms with Crippen LogP contribution in [0.2, 0.25) is 0 Å². The molecule has 1 aromatic heterocycles. The van der Waals surface area contributed by atoms with Gasteiger partial charge >= 0.3 is 5.97 Å². The van der Waals surface area contributed by atoms with Crippen molar-refractivity contribution in [1.29, 1.82) is 0 Å². The van der Waals surface area contributed by atoms with Gasteiger partial charge in [-0.1, -0.05) is 5.16 Å². The van der Waals surface area contributed by atoms with E-state index in [4.69, 9.17) is 9.63 Å². The first-order chi connectivity index (χ1) is 7.58. The predicted octanol–water partition coefficient (Wildman–Crippen LogP) is 0.755. The number of carboxylic acid groups (broad SMARTS) is 1. The minimum Gasteiger partial charge on any atom is -0.480 e. The van der Waals surface area contributed by atoms with Crippen LogP contribution in [0.1, 0.15) is 41.9 Å². The molecular formula is C10H12N2O4. The molecule has 0 bridgehead atoms. The third kappa shape index (κ3) is 2.21. The lowest BCUT2D eigenvalue weighted by Gasteiger charge is -2.06. The Morgan fingerprint density at radius 1 is 1.62 bits per heavy atom. The van der Waals surface area contributed by atoms with Crippen molar-refractivity contribution in [1.82, 2.24) is 10.5 Å². The van der Waals surface area contributed by atoms with Gasteiger partial charge in [0.05, 0.1) is 0 Å². The Bertz CT molecular complexity index is 422. The fraction of sp³-hybridized carbons (Fsp3) is 0.500. The molecule has 1 fully saturated rings. The fourth-order valence-corrected chi connectivity index (χ4v) is 1.29. The zero-order valence-electron chi connectivity index (χ0n) is 8.77. The highest BCUT2D eigenvalue weighted by Gasteiger charge is 2.29. The molecule has 6 nitrogen and oxygen atoms in total. The number of nitrogens with zero attached hydrogens (tertiary/aromatic N) is 1. The highest BCUT2D eigenvalue weighted by Crippen LogP contribution is 2.40. The van der Waals surface area contributed by atoms with Crippen LogP contribution >= 0.6 is 0 Å². The topological polar surface area (TPSA) is 92.4 Å². The number of hydrogen-bond donors (Lipinski definition) is 2. The van der Waals surface area contributed by atoms with Gasteiger partial charge in [-0.3, -0.25) is 9.59 Å². The summed E-state index contributed by atoms with van der Waals surface area (Å²) in [4.78, 5) is 22.0. The van der Waals surface area contributed by atoms with Crippen molar-refractivity contribution in [3.05, 3.63) is 17.5 Å². The molecule has 0 radical (unpaired) electrons. The third-order valence-corrected chi connectivity index (χ3v) is 2.46. The highest BCUT2D eigenvalue weighted by molar-refractivity contribution is 5.94. The summed E-state index contributed by atoms with van der Waals surface area (Å²) in [5.41, 5.74) is 0.134. The smallest absolute Gasteiger partial charge is 0.325 e. The Morgan fingerprint density at radius 2 is 2.31 bits per heavy atom. The maximum atomic E-state index is 11.5. The zero-order chi connectivity index (χ0) is 11.7. The Labute approximate surface area is 91.6 Å². The Balaban J connectivity index is 1.99. The van der Waals surface area contributed by atoms with Crippen LogP contribution in [-0.4, -0.2) is 28.2 Å². The van der Waals surface area contributed by atoms with E-state index in [1.165, 1.54) is 6.92 Å². The van der Waals surface area contributed by atoms with Crippen molar-refractivity contribution in [3.63, 3.8) is 0 Å². The molecule has 2 rings (SSSR count). The number of amides is 1. The molecule has 16 heavy (non-hydrogen) atoms. The van der Waals surface area contributed by atoms with Gasteiger partial charge in [0.1, 0.15) is 11.8 Å². The van der Waals surface area contributed by atoms with Gasteiger partial charge in [0, 0.05) is 12.0 Å². The molecular weight excluding hydrogens is 212 g/mol. The first-order valence-corrected chi connectivity index (χ1v) is 5.08. The maximum absolute atomic E-state index is 11.5. The minimum atomic E-state index is -1.08. The zero-order valence-corrected chi connectivity index (χ0v) is 8.77. The van der Waals surface area contributed by atoms with Crippen molar-refractivity contribution in [2.75, 3.05) is 0 Å². The molecule has 1 heterocycles. The number of nitrogens with one attached hydrogen (secondary N) is 1. The lowest BCUT2D eigenvalue weighted by atomic mass is 10.2. The van der Waals surface area contributed by atoms with Crippen molar-refractivity contribution >= 4 is 11.9 Å². The van der Waals surface area contributed by atoms with E-state index in [2.05, 4.69) is 10.5 Å². The van der Waals surface area contributed by atoms with Crippen molar-refractivity contribution in [2.45, 2.75) is 31.7 Å². The van der Waals surface area contributed by atoms with Gasteiger partial charge in [0.15, 0.2) is 5.69 Å². The van der Waals surface area contributed by atoms with E-state index in [0.717, 1.165) is 12.8 Å². The first-order valence-electron chi connectivity index (χ1n) is 5.08. The van der Waals surface area contributed by atoms with E-state index in [-0.39, 0.29) is 5.69 Å². The van der Waals surface area contributed by atoms with Crippen LogP contribution < -0.4 is 5.32 Å². The van der Waals surface area contributed by atoms with Crippen molar-refractivity contribution < 1.29 is 19.2 Å². The van der Waals surface area contributed by atoms with Gasteiger partial charge in [-0.2, -0.15) is 0 Å². The summed E-state index contributed by atoms with van der Waals surface area (Å²) in [5, 5.41) is 14.5. The molecule has 0 spiro atoms. The molecule has 1 atom stereocenters. The molecule has 1 aromatic rings. The molecule has 6 heteroatoms. The number of carbonyl (C=O) groups excluding carboxylic acids is 1. The van der Waals surface area contributed by atoms with Crippen molar-refractivity contribution in [2.24, 2.45) is 0 Å². The average molecular weight is 224 g/mol. The largest absolute Gasteiger partial charge is 0.480 e. The number of aliphatic carboxylic acids is 1. The van der Waals surface area contributed by atoms with Gasteiger partial charge in [-0.05, 0) is 19.8 Å². The summed E-state index contributed by atoms with van der Waals surface area (Å²) < 4.78 is 4.99. The molecule has 86 valence electrons. The standard InChI is InChI=1S/C10H12N2O4/c1-5(10(14)15)11-9(13)7-4-8(16-12-7)6-2-3-6/h4-6H,2-3H2,1H3,(H,11,13)(H,14,15)/t5-/m1/s1. The van der Waals surface area contributed by atoms with E-state index in [1.807, 2.05) is 0 Å². The van der Waals surface area contributed by atoms with Crippen LogP contribution in [0.4, 0.5) is 0 Å². The number of rotatable bonds is 4. The second kappa shape index (κ2) is 3.96. The third-order valence-electron chi connectivity index (χ3n) is 2.46. The lowest BCUT2D eigenvalue weighted by molar-refractivity contribution is -0.138. The second-order valence-electron chi connectivity index (χ2n) is 3.92. The van der Waals surface area contributed by atoms with Gasteiger partial charge in [-0.25, -0.2) is 0 Å². The predicted molar refractivity (Wildman–Crippen MR) is 53.0 cm³/mol. The molecule has 0 saturated heterocycles. The van der Waals surface area contributed by atoms with E-state index in [0.29, 0.717) is 11.7 Å². The quantitative estimate of drug-likeness (QED) is 0.787. The van der Waals surface area contributed by atoms with Gasteiger partial charge in [-0.15, -0.1) is 0 Å². The highest BCUT2D eigenvalue weighted by atomic mass is 16.5. The Hall–Kier alpha value is -1.85. The van der Waals surface area contributed by atoms with Crippen LogP contribution in [-0.2, 0) is 4.79 Å². The SMILES string of the molecule is C[C@@H](NC(=O)c1cc(C2CC2)on1)C(=O)O. The van der Waals surface area contributed by atoms with Crippen LogP contribution in [0.5, 0.6) is 0 Å². The molecule has 1 saturated carbocycles. The van der Waals surface area contributed by atoms with Crippen LogP contribution in [0.25, 0.3) is 0 Å². The molecule has 1 amide bonds. The summed E-state index contributed by atoms with van der Waals surface area (Å²) in [6.45, 7) is 1.39. The molecule has 1 aliphatic carbocycles. The fourth-order valence-electron chi connectivity index (χ4n) is 1.29. The summed E-state index contributed by atoms with van der Waals surface area (Å²) in [6, 6.07) is 0.634. The van der Waals surface area contributed by atoms with Crippen molar-refractivity contribution in [3.8, 4) is 0 Å². The van der Waals surface area contributed by atoms with Crippen LogP contribution in [0.15, 0.2) is 10.6 Å². The number of aromatic nitrogens is 1. The van der Waals surface area contributed by atoms with Crippen LogP contribution in [0.3, 0.4) is 0 Å². The number of carbonyl (C=O) groups is 2. The average Bonchev–Trinajstić information content (AvgIpc) is 2.96. The lowest BCUT2D eigenvalue weighted by Crippen LogP contribution is -2.38. The van der Waals surface area contributed by atoms with E-state index >= 15 is 0 Å². The van der Waals surface area contributed by atoms with Crippen LogP contribution in [0, 0.1) is 0 Å². The summed E-state index contributed by atoms with van der Waals surface area (Å²) in [6.07, 6.45) is 2.11. The Morgan fingerprint density at radius 3 is 2.88 bits per heavy atom. The second-order valence-corrected chi connectivity index (χ2v) is 3.92. The van der Waals surface area contributed by atoms with Gasteiger partial charge in [0.25, 0.3) is 5.91 Å². The Kier molecular flexibility index (Phi) is 2.64. The monoisotopic (exact) mass is 224 g/mol. The summed E-state index contributed by atoms with van der Waals surface area (Å²) in [7, 11) is 0. The maximum Gasteiger partial charge on any atom is 0.325 e. The summed E-state index contributed by atoms with van der Waals surface area (Å²) in [5.74, 6) is -0.524. The molecule has 0 aromatic carbocycles. The molecule has 1 aliphatic rings. The first kappa shape index (κ1) is 10.7. The number of carboxylic acids is 1. The number of hydrogen-bond acceptors (Lipinski definition) is 4. The summed E-state index contributed by atoms with van der Waals surface area (Å²) >= 11 is 0. The molecule has 0 unspecified atom stereocenters.